The lowest BCUT2D eigenvalue weighted by atomic mass is 10.1. The molecule has 1 amide bonds. The van der Waals surface area contributed by atoms with Crippen molar-refractivity contribution in [3.05, 3.63) is 23.8 Å². The minimum Gasteiger partial charge on any atom is -0.505 e. The number of benzene rings is 1. The summed E-state index contributed by atoms with van der Waals surface area (Å²) in [5, 5.41) is 29.9. The van der Waals surface area contributed by atoms with Crippen molar-refractivity contribution in [1.29, 1.82) is 0 Å². The number of aromatic carboxylic acids is 1. The normalized spacial score (nSPS) is 11.5. The SMILES string of the molecule is CCCCCCC(OC(=O)Nc1cccc(C(=O)O)c1O)C(=O)O. The molecule has 1 aromatic carbocycles. The molecule has 0 aliphatic carbocycles. The Morgan fingerprint density at radius 2 is 1.88 bits per heavy atom. The van der Waals surface area contributed by atoms with E-state index in [2.05, 4.69) is 5.32 Å². The molecule has 8 heteroatoms. The molecule has 1 aromatic rings. The Labute approximate surface area is 139 Å². The third-order valence-electron chi connectivity index (χ3n) is 3.35. The third-order valence-corrected chi connectivity index (χ3v) is 3.35. The van der Waals surface area contributed by atoms with Crippen LogP contribution < -0.4 is 5.32 Å². The first-order valence-corrected chi connectivity index (χ1v) is 7.62. The van der Waals surface area contributed by atoms with Gasteiger partial charge in [-0.3, -0.25) is 5.32 Å². The Kier molecular flexibility index (Phi) is 7.54. The van der Waals surface area contributed by atoms with Crippen LogP contribution in [-0.2, 0) is 9.53 Å². The fraction of sp³-hybridized carbons (Fsp3) is 0.438. The van der Waals surface area contributed by atoms with Gasteiger partial charge in [0, 0.05) is 0 Å². The molecule has 0 aliphatic heterocycles. The van der Waals surface area contributed by atoms with Gasteiger partial charge < -0.3 is 20.1 Å². The van der Waals surface area contributed by atoms with E-state index in [-0.39, 0.29) is 17.7 Å². The number of hydrogen-bond donors (Lipinski definition) is 4. The summed E-state index contributed by atoms with van der Waals surface area (Å²) in [5.41, 5.74) is -0.558. The van der Waals surface area contributed by atoms with E-state index in [1.54, 1.807) is 0 Å². The number of carbonyl (C=O) groups excluding carboxylic acids is 1. The predicted molar refractivity (Wildman–Crippen MR) is 85.4 cm³/mol. The molecule has 1 unspecified atom stereocenters. The summed E-state index contributed by atoms with van der Waals surface area (Å²) in [6, 6.07) is 3.78. The first kappa shape index (κ1) is 19.3. The Hall–Kier alpha value is -2.77. The van der Waals surface area contributed by atoms with Crippen molar-refractivity contribution < 1.29 is 34.4 Å². The predicted octanol–water partition coefficient (Wildman–Crippen LogP) is 3.06. The van der Waals surface area contributed by atoms with Crippen LogP contribution >= 0.6 is 0 Å². The van der Waals surface area contributed by atoms with Crippen molar-refractivity contribution in [2.24, 2.45) is 0 Å². The summed E-state index contributed by atoms with van der Waals surface area (Å²) in [5.74, 6) is -3.24. The Morgan fingerprint density at radius 1 is 1.17 bits per heavy atom. The van der Waals surface area contributed by atoms with Crippen LogP contribution in [0.25, 0.3) is 0 Å². The summed E-state index contributed by atoms with van der Waals surface area (Å²) in [6.07, 6.45) is 1.23. The van der Waals surface area contributed by atoms with E-state index in [0.717, 1.165) is 19.3 Å². The minimum atomic E-state index is -1.36. The Morgan fingerprint density at radius 3 is 2.46 bits per heavy atom. The van der Waals surface area contributed by atoms with Crippen LogP contribution in [0, 0.1) is 0 Å². The van der Waals surface area contributed by atoms with Crippen LogP contribution in [0.4, 0.5) is 10.5 Å². The van der Waals surface area contributed by atoms with Gasteiger partial charge in [0.25, 0.3) is 0 Å². The second kappa shape index (κ2) is 9.39. The maximum atomic E-state index is 11.8. The number of hydrogen-bond acceptors (Lipinski definition) is 5. The lowest BCUT2D eigenvalue weighted by Gasteiger charge is -2.15. The van der Waals surface area contributed by atoms with Gasteiger partial charge in [0.15, 0.2) is 5.75 Å². The molecule has 0 aliphatic rings. The van der Waals surface area contributed by atoms with Crippen molar-refractivity contribution in [2.75, 3.05) is 5.32 Å². The van der Waals surface area contributed by atoms with Gasteiger partial charge in [-0.25, -0.2) is 14.4 Å². The van der Waals surface area contributed by atoms with Crippen molar-refractivity contribution in [2.45, 2.75) is 45.1 Å². The summed E-state index contributed by atoms with van der Waals surface area (Å²) in [7, 11) is 0. The molecule has 132 valence electrons. The second-order valence-corrected chi connectivity index (χ2v) is 5.21. The molecule has 0 bridgehead atoms. The molecule has 0 spiro atoms. The molecule has 8 nitrogen and oxygen atoms in total. The van der Waals surface area contributed by atoms with Gasteiger partial charge >= 0.3 is 18.0 Å². The summed E-state index contributed by atoms with van der Waals surface area (Å²) >= 11 is 0. The number of phenols is 1. The van der Waals surface area contributed by atoms with Gasteiger partial charge in [0.05, 0.1) is 5.69 Å². The van der Waals surface area contributed by atoms with E-state index in [4.69, 9.17) is 14.9 Å². The zero-order valence-electron chi connectivity index (χ0n) is 13.3. The number of carbonyl (C=O) groups is 3. The quantitative estimate of drug-likeness (QED) is 0.401. The molecular weight excluding hydrogens is 318 g/mol. The zero-order chi connectivity index (χ0) is 18.1. The average molecular weight is 339 g/mol. The average Bonchev–Trinajstić information content (AvgIpc) is 2.51. The van der Waals surface area contributed by atoms with Crippen molar-refractivity contribution >= 4 is 23.7 Å². The number of aliphatic carboxylic acids is 1. The van der Waals surface area contributed by atoms with E-state index >= 15 is 0 Å². The van der Waals surface area contributed by atoms with E-state index in [1.165, 1.54) is 18.2 Å². The highest BCUT2D eigenvalue weighted by Gasteiger charge is 2.23. The standard InChI is InChI=1S/C16H21NO7/c1-2-3-4-5-9-12(15(21)22)24-16(23)17-11-8-6-7-10(13(11)18)14(19)20/h6-8,12,18H,2-5,9H2,1H3,(H,17,23)(H,19,20)(H,21,22). The molecule has 0 fully saturated rings. The maximum absolute atomic E-state index is 11.8. The highest BCUT2D eigenvalue weighted by atomic mass is 16.6. The number of unbranched alkanes of at least 4 members (excludes halogenated alkanes) is 3. The Balaban J connectivity index is 2.68. The fourth-order valence-electron chi connectivity index (χ4n) is 2.07. The number of carboxylic acids is 2. The minimum absolute atomic E-state index is 0.171. The largest absolute Gasteiger partial charge is 0.505 e. The number of carboxylic acid groups (broad SMARTS) is 2. The highest BCUT2D eigenvalue weighted by Crippen LogP contribution is 2.27. The highest BCUT2D eigenvalue weighted by molar-refractivity contribution is 5.96. The van der Waals surface area contributed by atoms with Crippen LogP contribution in [0.15, 0.2) is 18.2 Å². The fourth-order valence-corrected chi connectivity index (χ4v) is 2.07. The smallest absolute Gasteiger partial charge is 0.412 e. The van der Waals surface area contributed by atoms with Gasteiger partial charge in [-0.1, -0.05) is 32.3 Å². The number of anilines is 1. The molecule has 0 saturated heterocycles. The van der Waals surface area contributed by atoms with Gasteiger partial charge in [-0.2, -0.15) is 0 Å². The molecule has 4 N–H and O–H groups in total. The van der Waals surface area contributed by atoms with Crippen LogP contribution in [0.2, 0.25) is 0 Å². The molecule has 0 aromatic heterocycles. The van der Waals surface area contributed by atoms with E-state index in [0.29, 0.717) is 6.42 Å². The number of ether oxygens (including phenoxy) is 1. The van der Waals surface area contributed by atoms with Crippen LogP contribution in [0.3, 0.4) is 0 Å². The monoisotopic (exact) mass is 339 g/mol. The van der Waals surface area contributed by atoms with Gasteiger partial charge in [0.2, 0.25) is 6.10 Å². The number of aromatic hydroxyl groups is 1. The summed E-state index contributed by atoms with van der Waals surface area (Å²) < 4.78 is 4.84. The molecule has 0 saturated carbocycles. The number of amides is 1. The van der Waals surface area contributed by atoms with Crippen molar-refractivity contribution in [3.63, 3.8) is 0 Å². The molecule has 24 heavy (non-hydrogen) atoms. The van der Waals surface area contributed by atoms with Crippen LogP contribution in [-0.4, -0.2) is 39.5 Å². The first-order chi connectivity index (χ1) is 11.4. The Bertz CT molecular complexity index is 600. The number of rotatable bonds is 9. The summed E-state index contributed by atoms with van der Waals surface area (Å²) in [6.45, 7) is 2.02. The molecule has 0 radical (unpaired) electrons. The molecular formula is C16H21NO7. The maximum Gasteiger partial charge on any atom is 0.412 e. The lowest BCUT2D eigenvalue weighted by molar-refractivity contribution is -0.146. The topological polar surface area (TPSA) is 133 Å². The van der Waals surface area contributed by atoms with Crippen molar-refractivity contribution in [3.8, 4) is 5.75 Å². The van der Waals surface area contributed by atoms with Gasteiger partial charge in [-0.15, -0.1) is 0 Å². The van der Waals surface area contributed by atoms with E-state index < -0.39 is 29.9 Å². The van der Waals surface area contributed by atoms with Crippen LogP contribution in [0.5, 0.6) is 5.75 Å². The zero-order valence-corrected chi connectivity index (χ0v) is 13.3. The number of para-hydroxylation sites is 1. The molecule has 1 atom stereocenters. The lowest BCUT2D eigenvalue weighted by Crippen LogP contribution is -2.29. The van der Waals surface area contributed by atoms with Crippen molar-refractivity contribution in [1.82, 2.24) is 0 Å². The number of nitrogens with one attached hydrogen (secondary N) is 1. The van der Waals surface area contributed by atoms with E-state index in [9.17, 15) is 19.5 Å². The van der Waals surface area contributed by atoms with Gasteiger partial charge in [0.1, 0.15) is 5.56 Å². The molecule has 0 heterocycles. The summed E-state index contributed by atoms with van der Waals surface area (Å²) in [4.78, 5) is 33.8. The van der Waals surface area contributed by atoms with Gasteiger partial charge in [-0.05, 0) is 25.0 Å². The van der Waals surface area contributed by atoms with Crippen LogP contribution in [0.1, 0.15) is 49.4 Å². The third kappa shape index (κ3) is 5.79. The second-order valence-electron chi connectivity index (χ2n) is 5.21. The molecule has 1 rings (SSSR count). The first-order valence-electron chi connectivity index (χ1n) is 7.62. The van der Waals surface area contributed by atoms with E-state index in [1.807, 2.05) is 6.92 Å².